The molecule has 0 heterocycles. The molecule has 20 heavy (non-hydrogen) atoms. The Labute approximate surface area is 156 Å². The number of hydrogen-bond donors (Lipinski definition) is 0. The third-order valence-corrected chi connectivity index (χ3v) is 3.11. The Bertz CT molecular complexity index is 600. The van der Waals surface area contributed by atoms with Gasteiger partial charge in [-0.3, -0.25) is 0 Å². The summed E-state index contributed by atoms with van der Waals surface area (Å²) in [4.78, 5) is 10.7. The quantitative estimate of drug-likeness (QED) is 0.806. The van der Waals surface area contributed by atoms with Gasteiger partial charge in [0.25, 0.3) is 0 Å². The smallest absolute Gasteiger partial charge is 0.655 e. The molecule has 0 unspecified atom stereocenters. The Balaban J connectivity index is 0.00000200. The molecule has 0 saturated carbocycles. The molecule has 2 aromatic rings. The summed E-state index contributed by atoms with van der Waals surface area (Å²) in [6.45, 7) is 0. The number of hydrogen-bond acceptors (Lipinski definition) is 2. The maximum absolute atomic E-state index is 10.7. The van der Waals surface area contributed by atoms with Gasteiger partial charge in [0.15, 0.2) is 0 Å². The number of aliphatic carboxylic acids is 1. The first-order valence-corrected chi connectivity index (χ1v) is 6.27. The minimum absolute atomic E-state index is 0. The molecule has 0 aliphatic heterocycles. The zero-order valence-corrected chi connectivity index (χ0v) is 14.2. The van der Waals surface area contributed by atoms with Crippen molar-refractivity contribution in [3.63, 3.8) is 0 Å². The second-order valence-electron chi connectivity index (χ2n) is 3.86. The summed E-state index contributed by atoms with van der Waals surface area (Å²) in [5.74, 6) is -1.16. The number of para-hydroxylation sites is 2. The standard InChI is InChI=1S/C14H10Cl2NO2.Ca/c15-10-5-3-6-11(16)14(10)17-12-7-2-1-4-9(12)8-13(18)19;/h1-7H,8H2,(H,18,19);/q-1;+2/p-1. The van der Waals surface area contributed by atoms with Crippen LogP contribution in [-0.2, 0) is 11.2 Å². The van der Waals surface area contributed by atoms with E-state index >= 15 is 0 Å². The molecule has 98 valence electrons. The summed E-state index contributed by atoms with van der Waals surface area (Å²) in [7, 11) is 0. The van der Waals surface area contributed by atoms with E-state index in [0.29, 0.717) is 27.0 Å². The van der Waals surface area contributed by atoms with Gasteiger partial charge in [0, 0.05) is 22.4 Å². The Hall–Kier alpha value is -0.450. The first-order chi connectivity index (χ1) is 9.08. The molecule has 0 bridgehead atoms. The van der Waals surface area contributed by atoms with Crippen LogP contribution in [0.15, 0.2) is 42.5 Å². The van der Waals surface area contributed by atoms with Crippen LogP contribution in [0, 0.1) is 0 Å². The van der Waals surface area contributed by atoms with Crippen molar-refractivity contribution < 1.29 is 9.90 Å². The molecule has 0 fully saturated rings. The van der Waals surface area contributed by atoms with E-state index in [1.165, 1.54) is 0 Å². The van der Waals surface area contributed by atoms with E-state index in [4.69, 9.17) is 23.2 Å². The zero-order valence-electron chi connectivity index (χ0n) is 10.5. The number of benzene rings is 2. The molecule has 0 atom stereocenters. The van der Waals surface area contributed by atoms with Gasteiger partial charge in [-0.25, -0.2) is 0 Å². The fourth-order valence-corrected chi connectivity index (χ4v) is 2.12. The second kappa shape index (κ2) is 8.11. The monoisotopic (exact) mass is 333 g/mol. The van der Waals surface area contributed by atoms with Crippen molar-refractivity contribution in [1.82, 2.24) is 0 Å². The molecular formula is C14H9CaCl2NO2. The van der Waals surface area contributed by atoms with Crippen LogP contribution in [0.3, 0.4) is 0 Å². The van der Waals surface area contributed by atoms with Crippen molar-refractivity contribution >= 4 is 78.3 Å². The average molecular weight is 334 g/mol. The molecule has 0 aliphatic rings. The van der Waals surface area contributed by atoms with Gasteiger partial charge in [0.2, 0.25) is 0 Å². The van der Waals surface area contributed by atoms with E-state index in [1.807, 2.05) is 0 Å². The summed E-state index contributed by atoms with van der Waals surface area (Å²) in [6.07, 6.45) is -0.207. The number of carbonyl (C=O) groups excluding carboxylic acids is 1. The van der Waals surface area contributed by atoms with Crippen LogP contribution in [-0.4, -0.2) is 43.7 Å². The number of carboxylic acid groups (broad SMARTS) is 1. The molecule has 0 spiro atoms. The van der Waals surface area contributed by atoms with Gasteiger partial charge in [-0.15, -0.1) is 5.69 Å². The van der Waals surface area contributed by atoms with E-state index in [9.17, 15) is 9.90 Å². The van der Waals surface area contributed by atoms with Gasteiger partial charge in [-0.05, 0) is 12.1 Å². The fraction of sp³-hybridized carbons (Fsp3) is 0.0714. The van der Waals surface area contributed by atoms with Crippen LogP contribution in [0.1, 0.15) is 5.56 Å². The molecule has 3 nitrogen and oxygen atoms in total. The summed E-state index contributed by atoms with van der Waals surface area (Å²) in [5, 5.41) is 15.9. The molecule has 0 N–H and O–H groups in total. The van der Waals surface area contributed by atoms with Gasteiger partial charge in [-0.2, -0.15) is 0 Å². The first-order valence-electron chi connectivity index (χ1n) is 5.51. The summed E-state index contributed by atoms with van der Waals surface area (Å²) in [5.41, 5.74) is 1.50. The van der Waals surface area contributed by atoms with Crippen LogP contribution >= 0.6 is 23.2 Å². The summed E-state index contributed by atoms with van der Waals surface area (Å²) < 4.78 is 0. The van der Waals surface area contributed by atoms with Gasteiger partial charge >= 0.3 is 37.7 Å². The molecule has 0 aromatic heterocycles. The Morgan fingerprint density at radius 2 is 1.65 bits per heavy atom. The van der Waals surface area contributed by atoms with Crippen molar-refractivity contribution in [1.29, 1.82) is 0 Å². The number of carboxylic acids is 1. The first kappa shape index (κ1) is 17.6. The van der Waals surface area contributed by atoms with Crippen molar-refractivity contribution in [2.45, 2.75) is 6.42 Å². The summed E-state index contributed by atoms with van der Waals surface area (Å²) >= 11 is 12.1. The third kappa shape index (κ3) is 4.54. The van der Waals surface area contributed by atoms with Crippen LogP contribution in [0.2, 0.25) is 10.0 Å². The Morgan fingerprint density at radius 1 is 1.05 bits per heavy atom. The van der Waals surface area contributed by atoms with Crippen LogP contribution < -0.4 is 5.11 Å². The maximum atomic E-state index is 10.7. The SMILES string of the molecule is O=C([O-])Cc1ccccc1[N-]c1c(Cl)cccc1Cl.[Ca+2]. The fourth-order valence-electron chi connectivity index (χ4n) is 1.64. The molecule has 0 amide bonds. The predicted octanol–water partition coefficient (Wildman–Crippen LogP) is 3.24. The predicted molar refractivity (Wildman–Crippen MR) is 80.0 cm³/mol. The number of halogens is 2. The van der Waals surface area contributed by atoms with E-state index in [2.05, 4.69) is 5.32 Å². The molecule has 2 rings (SSSR count). The molecule has 0 aliphatic carbocycles. The molecule has 6 heteroatoms. The van der Waals surface area contributed by atoms with E-state index in [1.54, 1.807) is 42.5 Å². The minimum atomic E-state index is -1.16. The van der Waals surface area contributed by atoms with Crippen LogP contribution in [0.5, 0.6) is 0 Å². The van der Waals surface area contributed by atoms with E-state index < -0.39 is 5.97 Å². The van der Waals surface area contributed by atoms with Crippen LogP contribution in [0.25, 0.3) is 5.32 Å². The van der Waals surface area contributed by atoms with Gasteiger partial charge in [-0.1, -0.05) is 64.8 Å². The van der Waals surface area contributed by atoms with Gasteiger partial charge in [0.05, 0.1) is 0 Å². The van der Waals surface area contributed by atoms with Crippen LogP contribution in [0.4, 0.5) is 11.4 Å². The Kier molecular flexibility index (Phi) is 7.13. The number of nitrogens with zero attached hydrogens (tertiary/aromatic N) is 1. The number of carbonyl (C=O) groups is 1. The third-order valence-electron chi connectivity index (χ3n) is 2.50. The normalized spacial score (nSPS) is 9.70. The molecule has 0 saturated heterocycles. The van der Waals surface area contributed by atoms with Crippen molar-refractivity contribution in [2.24, 2.45) is 0 Å². The molecule has 2 aromatic carbocycles. The topological polar surface area (TPSA) is 54.2 Å². The van der Waals surface area contributed by atoms with Crippen molar-refractivity contribution in [3.05, 3.63) is 63.4 Å². The molecule has 0 radical (unpaired) electrons. The molecular weight excluding hydrogens is 325 g/mol. The second-order valence-corrected chi connectivity index (χ2v) is 4.67. The van der Waals surface area contributed by atoms with E-state index in [0.717, 1.165) is 0 Å². The number of rotatable bonds is 4. The maximum Gasteiger partial charge on any atom is 2.00 e. The van der Waals surface area contributed by atoms with E-state index in [-0.39, 0.29) is 44.2 Å². The zero-order chi connectivity index (χ0) is 13.8. The van der Waals surface area contributed by atoms with Crippen molar-refractivity contribution in [3.8, 4) is 0 Å². The van der Waals surface area contributed by atoms with Gasteiger partial charge < -0.3 is 15.2 Å². The van der Waals surface area contributed by atoms with Crippen molar-refractivity contribution in [2.75, 3.05) is 0 Å². The summed E-state index contributed by atoms with van der Waals surface area (Å²) in [6, 6.07) is 12.0. The average Bonchev–Trinajstić information content (AvgIpc) is 2.35. The minimum Gasteiger partial charge on any atom is -0.655 e. The largest absolute Gasteiger partial charge is 2.00 e. The van der Waals surface area contributed by atoms with Gasteiger partial charge in [0.1, 0.15) is 0 Å². The Morgan fingerprint density at radius 3 is 2.25 bits per heavy atom.